The zero-order valence-electron chi connectivity index (χ0n) is 1.98. The minimum Gasteiger partial charge on any atom is -0.195 e. The lowest BCUT2D eigenvalue weighted by Gasteiger charge is -1.61. The molecule has 0 bridgehead atoms. The van der Waals surface area contributed by atoms with E-state index in [0.29, 0.717) is 0 Å². The maximum absolute atomic E-state index is 9.16. The summed E-state index contributed by atoms with van der Waals surface area (Å²) >= 11 is 0. The monoisotopic (exact) mass is 153 g/mol. The molecule has 0 heterocycles. The lowest BCUT2D eigenvalue weighted by atomic mass is 12.0. The third kappa shape index (κ3) is 201. The number of hydrogen-bond acceptors (Lipinski definition) is 2. The van der Waals surface area contributed by atoms with Gasteiger partial charge in [-0.15, -0.1) is 0 Å². The average Bonchev–Trinajstić information content (AvgIpc) is 0.722. The van der Waals surface area contributed by atoms with Crippen molar-refractivity contribution in [3.05, 3.63) is 0 Å². The maximum atomic E-state index is 9.16. The van der Waals surface area contributed by atoms with E-state index in [1.165, 1.54) is 0 Å². The molecule has 0 spiro atoms. The highest BCUT2D eigenvalue weighted by Gasteiger charge is 1.88. The molecule has 40 valence electrons. The number of hydrogen-bond donors (Lipinski definition) is 0. The fraction of sp³-hybridized carbons (Fsp3) is 1.00. The average molecular weight is 154 g/mol. The topological polar surface area (TPSA) is 34.1 Å². The lowest BCUT2D eigenvalue weighted by Crippen LogP contribution is -1.63. The molecule has 0 unspecified atom stereocenters. The fourth-order valence-electron chi connectivity index (χ4n) is 0. The van der Waals surface area contributed by atoms with Crippen LogP contribution in [-0.4, -0.2) is 8.42 Å². The molecule has 0 N–H and O–H groups in total. The van der Waals surface area contributed by atoms with Gasteiger partial charge in [-0.05, 0) is 0 Å². The molecule has 0 saturated heterocycles. The second kappa shape index (κ2) is 2.66. The summed E-state index contributed by atoms with van der Waals surface area (Å²) in [5.41, 5.74) is 0. The first-order valence-electron chi connectivity index (χ1n) is 0.642. The summed E-state index contributed by atoms with van der Waals surface area (Å²) in [5.74, 6) is 0. The van der Waals surface area contributed by atoms with Crippen LogP contribution in [0.4, 0.5) is 0 Å². The van der Waals surface area contributed by atoms with Crippen molar-refractivity contribution in [1.29, 1.82) is 0 Å². The largest absolute Gasteiger partial charge is 0.317 e. The molecule has 0 aromatic carbocycles. The van der Waals surface area contributed by atoms with Crippen molar-refractivity contribution in [2.24, 2.45) is 0 Å². The smallest absolute Gasteiger partial charge is 0.195 e. The van der Waals surface area contributed by atoms with Gasteiger partial charge in [-0.25, -0.2) is 0 Å². The molecule has 0 aliphatic rings. The van der Waals surface area contributed by atoms with Crippen LogP contribution in [0, 0.1) is 0 Å². The van der Waals surface area contributed by atoms with Gasteiger partial charge in [0.05, 0.1) is 0 Å². The van der Waals surface area contributed by atoms with Crippen LogP contribution in [0.15, 0.2) is 0 Å². The number of halogens is 2. The van der Waals surface area contributed by atoms with E-state index in [-0.39, 0.29) is 7.43 Å². The van der Waals surface area contributed by atoms with Crippen LogP contribution in [0.5, 0.6) is 0 Å². The van der Waals surface area contributed by atoms with E-state index in [9.17, 15) is 0 Å². The summed E-state index contributed by atoms with van der Waals surface area (Å²) in [5, 5.41) is 0. The molecule has 0 aromatic rings. The standard InChI is InChI=1S/CH4.Cl2O2S/c;1-5(2,3)4/h1H4;/i;5+3. The molecule has 0 amide bonds. The van der Waals surface area contributed by atoms with Crippen LogP contribution in [0.1, 0.15) is 7.43 Å². The molecule has 6 heavy (non-hydrogen) atoms. The molecule has 0 atom stereocenters. The van der Waals surface area contributed by atoms with Gasteiger partial charge in [0, 0.05) is 21.4 Å². The van der Waals surface area contributed by atoms with Gasteiger partial charge in [0.2, 0.25) is 0 Å². The SMILES string of the molecule is C.O=[35S](=O)(Cl)Cl. The van der Waals surface area contributed by atoms with E-state index in [4.69, 9.17) is 8.42 Å². The molecule has 0 fully saturated rings. The molecule has 0 aliphatic heterocycles. The van der Waals surface area contributed by atoms with Crippen molar-refractivity contribution in [2.75, 3.05) is 0 Å². The molecule has 5 heteroatoms. The Balaban J connectivity index is 0. The van der Waals surface area contributed by atoms with Gasteiger partial charge in [-0.2, -0.15) is 8.42 Å². The predicted molar refractivity (Wildman–Crippen MR) is 27.4 cm³/mol. The highest BCUT2D eigenvalue weighted by atomic mass is 36.7. The Labute approximate surface area is 46.0 Å². The first-order valence-corrected chi connectivity index (χ1v) is 3.78. The molecule has 2 nitrogen and oxygen atoms in total. The van der Waals surface area contributed by atoms with Crippen molar-refractivity contribution >= 4 is 29.6 Å². The molecule has 0 radical (unpaired) electrons. The Hall–Kier alpha value is 0.530. The zero-order chi connectivity index (χ0) is 4.50. The molecule has 0 saturated carbocycles. The van der Waals surface area contributed by atoms with E-state index in [1.54, 1.807) is 0 Å². The van der Waals surface area contributed by atoms with Gasteiger partial charge in [0.15, 0.2) is 0 Å². The molecular weight excluding hydrogens is 150 g/mol. The van der Waals surface area contributed by atoms with Gasteiger partial charge in [0.1, 0.15) is 0 Å². The first-order chi connectivity index (χ1) is 2.00. The van der Waals surface area contributed by atoms with Gasteiger partial charge >= 0.3 is 8.26 Å². The Kier molecular flexibility index (Phi) is 4.32. The van der Waals surface area contributed by atoms with E-state index in [2.05, 4.69) is 21.4 Å². The summed E-state index contributed by atoms with van der Waals surface area (Å²) in [6.07, 6.45) is 0. The summed E-state index contributed by atoms with van der Waals surface area (Å²) in [6, 6.07) is 0. The Morgan fingerprint density at radius 2 is 1.17 bits per heavy atom. The minimum atomic E-state index is -3.72. The van der Waals surface area contributed by atoms with Crippen molar-refractivity contribution in [1.82, 2.24) is 0 Å². The van der Waals surface area contributed by atoms with Crippen LogP contribution < -0.4 is 0 Å². The van der Waals surface area contributed by atoms with Crippen LogP contribution in [0.25, 0.3) is 0 Å². The van der Waals surface area contributed by atoms with Gasteiger partial charge in [-0.1, -0.05) is 7.43 Å². The Bertz CT molecular complexity index is 94.7. The highest BCUT2D eigenvalue weighted by Crippen LogP contribution is 1.98. The van der Waals surface area contributed by atoms with E-state index < -0.39 is 8.26 Å². The van der Waals surface area contributed by atoms with Gasteiger partial charge < -0.3 is 0 Å². The third-order valence-corrected chi connectivity index (χ3v) is 0. The van der Waals surface area contributed by atoms with Crippen molar-refractivity contribution in [3.8, 4) is 0 Å². The quantitative estimate of drug-likeness (QED) is 0.493. The minimum absolute atomic E-state index is 0. The van der Waals surface area contributed by atoms with Gasteiger partial charge in [-0.3, -0.25) is 0 Å². The summed E-state index contributed by atoms with van der Waals surface area (Å²) < 4.78 is 18.3. The first kappa shape index (κ1) is 9.73. The number of rotatable bonds is 0. The Morgan fingerprint density at radius 1 is 1.17 bits per heavy atom. The summed E-state index contributed by atoms with van der Waals surface area (Å²) in [6.45, 7) is 0. The molecule has 0 aliphatic carbocycles. The second-order valence-corrected chi connectivity index (χ2v) is 4.05. The van der Waals surface area contributed by atoms with Crippen LogP contribution >= 0.6 is 21.4 Å². The Morgan fingerprint density at radius 3 is 1.17 bits per heavy atom. The highest BCUT2D eigenvalue weighted by molar-refractivity contribution is 8.31. The lowest BCUT2D eigenvalue weighted by molar-refractivity contribution is 0.621. The van der Waals surface area contributed by atoms with Gasteiger partial charge in [0.25, 0.3) is 0 Å². The maximum Gasteiger partial charge on any atom is 0.317 e. The van der Waals surface area contributed by atoms with Crippen molar-refractivity contribution < 1.29 is 8.42 Å². The van der Waals surface area contributed by atoms with Crippen LogP contribution in [0.3, 0.4) is 0 Å². The second-order valence-electron chi connectivity index (χ2n) is 0.378. The third-order valence-electron chi connectivity index (χ3n) is 0. The summed E-state index contributed by atoms with van der Waals surface area (Å²) in [4.78, 5) is 0. The predicted octanol–water partition coefficient (Wildman–Crippen LogP) is 1.34. The molecule has 0 rings (SSSR count). The zero-order valence-corrected chi connectivity index (χ0v) is 4.31. The molecule has 0 aromatic heterocycles. The van der Waals surface area contributed by atoms with Crippen molar-refractivity contribution in [3.63, 3.8) is 0 Å². The van der Waals surface area contributed by atoms with Crippen LogP contribution in [-0.2, 0) is 8.26 Å². The van der Waals surface area contributed by atoms with Crippen LogP contribution in [0.2, 0.25) is 0 Å². The van der Waals surface area contributed by atoms with Crippen molar-refractivity contribution in [2.45, 2.75) is 7.43 Å². The van der Waals surface area contributed by atoms with E-state index in [0.717, 1.165) is 0 Å². The fourth-order valence-corrected chi connectivity index (χ4v) is 0. The van der Waals surface area contributed by atoms with E-state index >= 15 is 0 Å². The van der Waals surface area contributed by atoms with E-state index in [1.807, 2.05) is 0 Å². The normalized spacial score (nSPS) is 9.67. The molecular formula is CH4Cl2O2S. The summed E-state index contributed by atoms with van der Waals surface area (Å²) in [7, 11) is 4.81.